The van der Waals surface area contributed by atoms with Crippen LogP contribution in [0.25, 0.3) is 39.1 Å². The van der Waals surface area contributed by atoms with Crippen LogP contribution in [0.3, 0.4) is 0 Å². The molecule has 7 heteroatoms. The van der Waals surface area contributed by atoms with Crippen LogP contribution >= 0.6 is 0 Å². The van der Waals surface area contributed by atoms with Crippen molar-refractivity contribution in [3.63, 3.8) is 0 Å². The minimum Gasteiger partial charge on any atom is -0.462 e. The number of unbranched alkanes of at least 4 members (excludes halogenated alkanes) is 1. The maximum absolute atomic E-state index is 13.6. The number of carbonyl (C=O) groups is 2. The lowest BCUT2D eigenvalue weighted by Gasteiger charge is -2.11. The second-order valence-electron chi connectivity index (χ2n) is 8.67. The number of aromatic nitrogens is 1. The maximum Gasteiger partial charge on any atom is 0.338 e. The first-order valence-corrected chi connectivity index (χ1v) is 12.2. The number of carbonyl (C=O) groups excluding carboxylic acids is 2. The van der Waals surface area contributed by atoms with Crippen molar-refractivity contribution < 1.29 is 23.1 Å². The van der Waals surface area contributed by atoms with Crippen LogP contribution in [-0.4, -0.2) is 30.5 Å². The molecule has 0 aliphatic rings. The molecule has 0 saturated carbocycles. The van der Waals surface area contributed by atoms with Crippen molar-refractivity contribution in [1.82, 2.24) is 10.3 Å². The summed E-state index contributed by atoms with van der Waals surface area (Å²) in [6.45, 7) is 6.25. The molecular weight excluding hydrogens is 471 g/mol. The molecular formula is C30H29FN2O4. The Morgan fingerprint density at radius 2 is 1.86 bits per heavy atom. The van der Waals surface area contributed by atoms with E-state index in [1.54, 1.807) is 30.3 Å². The molecule has 2 aromatic heterocycles. The monoisotopic (exact) mass is 500 g/mol. The number of amides is 1. The first-order valence-electron chi connectivity index (χ1n) is 12.2. The molecule has 4 aromatic rings. The third-order valence-electron chi connectivity index (χ3n) is 6.19. The lowest BCUT2D eigenvalue weighted by Crippen LogP contribution is -2.18. The Bertz CT molecular complexity index is 1490. The summed E-state index contributed by atoms with van der Waals surface area (Å²) in [5.74, 6) is -0.826. The summed E-state index contributed by atoms with van der Waals surface area (Å²) in [6, 6.07) is 14.8. The number of fused-ring (bicyclic) bond motifs is 1. The average molecular weight is 501 g/mol. The van der Waals surface area contributed by atoms with Gasteiger partial charge in [0, 0.05) is 18.2 Å². The zero-order chi connectivity index (χ0) is 26.5. The summed E-state index contributed by atoms with van der Waals surface area (Å²) in [5, 5.41) is 3.18. The van der Waals surface area contributed by atoms with Crippen molar-refractivity contribution >= 4 is 28.5 Å². The van der Waals surface area contributed by atoms with Gasteiger partial charge in [0.25, 0.3) is 5.91 Å². The van der Waals surface area contributed by atoms with E-state index < -0.39 is 0 Å². The number of pyridine rings is 1. The van der Waals surface area contributed by atoms with Crippen molar-refractivity contribution in [2.24, 2.45) is 0 Å². The third kappa shape index (κ3) is 5.31. The van der Waals surface area contributed by atoms with E-state index in [-0.39, 0.29) is 23.4 Å². The topological polar surface area (TPSA) is 81.4 Å². The third-order valence-corrected chi connectivity index (χ3v) is 6.19. The average Bonchev–Trinajstić information content (AvgIpc) is 3.30. The number of ether oxygens (including phenoxy) is 1. The van der Waals surface area contributed by atoms with Gasteiger partial charge in [0.15, 0.2) is 0 Å². The summed E-state index contributed by atoms with van der Waals surface area (Å²) >= 11 is 0. The molecule has 0 radical (unpaired) electrons. The van der Waals surface area contributed by atoms with Crippen LogP contribution in [0.15, 0.2) is 65.1 Å². The minimum absolute atomic E-state index is 0.285. The van der Waals surface area contributed by atoms with Crippen LogP contribution < -0.4 is 5.32 Å². The van der Waals surface area contributed by atoms with Gasteiger partial charge in [0.1, 0.15) is 11.6 Å². The number of halogens is 1. The molecule has 1 amide bonds. The standard InChI is InChI=1S/C30H29FN2O4/c1-5-7-15-36-30(35)21-10-8-9-20(16-21)23-17-24-25(28(34)32-4)27(19-11-13-22(31)14-12-19)37-29(24)33-26(23)18(3)6-2/h6,8-14,16-17H,5,7,15H2,1-4H3,(H,32,34). The van der Waals surface area contributed by atoms with E-state index >= 15 is 0 Å². The van der Waals surface area contributed by atoms with Crippen molar-refractivity contribution in [1.29, 1.82) is 0 Å². The maximum atomic E-state index is 13.6. The molecule has 0 bridgehead atoms. The molecule has 0 aliphatic carbocycles. The minimum atomic E-state index is -0.388. The van der Waals surface area contributed by atoms with Crippen LogP contribution in [-0.2, 0) is 4.74 Å². The molecule has 0 aliphatic heterocycles. The fourth-order valence-electron chi connectivity index (χ4n) is 4.04. The summed E-state index contributed by atoms with van der Waals surface area (Å²) in [6.07, 6.45) is 3.67. The Hall–Kier alpha value is -4.26. The first kappa shape index (κ1) is 25.8. The van der Waals surface area contributed by atoms with E-state index in [1.807, 2.05) is 39.0 Å². The van der Waals surface area contributed by atoms with E-state index in [4.69, 9.17) is 14.1 Å². The van der Waals surface area contributed by atoms with Gasteiger partial charge >= 0.3 is 5.97 Å². The van der Waals surface area contributed by atoms with Crippen LogP contribution in [0, 0.1) is 5.82 Å². The van der Waals surface area contributed by atoms with Crippen LogP contribution in [0.4, 0.5) is 4.39 Å². The van der Waals surface area contributed by atoms with Crippen LogP contribution in [0.5, 0.6) is 0 Å². The van der Waals surface area contributed by atoms with Gasteiger partial charge in [-0.2, -0.15) is 0 Å². The zero-order valence-electron chi connectivity index (χ0n) is 21.4. The number of nitrogens with zero attached hydrogens (tertiary/aromatic N) is 1. The number of esters is 1. The molecule has 0 spiro atoms. The molecule has 1 N–H and O–H groups in total. The predicted molar refractivity (Wildman–Crippen MR) is 143 cm³/mol. The first-order chi connectivity index (χ1) is 17.9. The van der Waals surface area contributed by atoms with Gasteiger partial charge in [-0.05, 0) is 73.9 Å². The number of allylic oxidation sites excluding steroid dienone is 2. The molecule has 2 aromatic carbocycles. The van der Waals surface area contributed by atoms with E-state index in [1.165, 1.54) is 19.2 Å². The largest absolute Gasteiger partial charge is 0.462 e. The van der Waals surface area contributed by atoms with Crippen molar-refractivity contribution in [3.8, 4) is 22.5 Å². The van der Waals surface area contributed by atoms with E-state index in [9.17, 15) is 14.0 Å². The predicted octanol–water partition coefficient (Wildman–Crippen LogP) is 7.04. The summed E-state index contributed by atoms with van der Waals surface area (Å²) in [5.41, 5.74) is 4.63. The molecule has 0 saturated heterocycles. The summed E-state index contributed by atoms with van der Waals surface area (Å²) < 4.78 is 25.1. The summed E-state index contributed by atoms with van der Waals surface area (Å²) in [4.78, 5) is 30.4. The second kappa shape index (κ2) is 11.2. The SMILES string of the molecule is CC=C(C)c1nc2oc(-c3ccc(F)cc3)c(C(=O)NC)c2cc1-c1cccc(C(=O)OCCCC)c1. The highest BCUT2D eigenvalue weighted by Crippen LogP contribution is 2.38. The second-order valence-corrected chi connectivity index (χ2v) is 8.67. The number of benzene rings is 2. The fraction of sp³-hybridized carbons (Fsp3) is 0.233. The zero-order valence-corrected chi connectivity index (χ0v) is 21.4. The van der Waals surface area contributed by atoms with Gasteiger partial charge in [0.2, 0.25) is 5.71 Å². The normalized spacial score (nSPS) is 11.5. The van der Waals surface area contributed by atoms with Gasteiger partial charge in [-0.1, -0.05) is 31.6 Å². The highest BCUT2D eigenvalue weighted by atomic mass is 19.1. The highest BCUT2D eigenvalue weighted by Gasteiger charge is 2.25. The van der Waals surface area contributed by atoms with Gasteiger partial charge < -0.3 is 14.5 Å². The van der Waals surface area contributed by atoms with E-state index in [0.29, 0.717) is 40.1 Å². The van der Waals surface area contributed by atoms with Crippen molar-refractivity contribution in [2.45, 2.75) is 33.6 Å². The molecule has 37 heavy (non-hydrogen) atoms. The quantitative estimate of drug-likeness (QED) is 0.207. The van der Waals surface area contributed by atoms with Crippen LogP contribution in [0.2, 0.25) is 0 Å². The molecule has 6 nitrogen and oxygen atoms in total. The van der Waals surface area contributed by atoms with Gasteiger partial charge in [-0.3, -0.25) is 4.79 Å². The molecule has 0 fully saturated rings. The Morgan fingerprint density at radius 3 is 2.54 bits per heavy atom. The fourth-order valence-corrected chi connectivity index (χ4v) is 4.04. The van der Waals surface area contributed by atoms with E-state index in [0.717, 1.165) is 29.5 Å². The van der Waals surface area contributed by atoms with Crippen molar-refractivity contribution in [3.05, 3.63) is 83.3 Å². The van der Waals surface area contributed by atoms with E-state index in [2.05, 4.69) is 5.32 Å². The van der Waals surface area contributed by atoms with Gasteiger partial charge in [-0.15, -0.1) is 0 Å². The lowest BCUT2D eigenvalue weighted by molar-refractivity contribution is 0.0499. The number of nitrogens with one attached hydrogen (secondary N) is 1. The number of rotatable bonds is 8. The van der Waals surface area contributed by atoms with Gasteiger partial charge in [-0.25, -0.2) is 14.2 Å². The smallest absolute Gasteiger partial charge is 0.338 e. The summed E-state index contributed by atoms with van der Waals surface area (Å²) in [7, 11) is 1.54. The molecule has 190 valence electrons. The Morgan fingerprint density at radius 1 is 1.11 bits per heavy atom. The number of hydrogen-bond donors (Lipinski definition) is 1. The Labute approximate surface area is 215 Å². The number of hydrogen-bond acceptors (Lipinski definition) is 5. The lowest BCUT2D eigenvalue weighted by atomic mass is 9.96. The number of furan rings is 1. The van der Waals surface area contributed by atoms with Crippen molar-refractivity contribution in [2.75, 3.05) is 13.7 Å². The van der Waals surface area contributed by atoms with Crippen LogP contribution in [0.1, 0.15) is 60.0 Å². The molecule has 2 heterocycles. The Kier molecular flexibility index (Phi) is 7.82. The molecule has 4 rings (SSSR count). The highest BCUT2D eigenvalue weighted by molar-refractivity contribution is 6.11. The van der Waals surface area contributed by atoms with Gasteiger partial charge in [0.05, 0.1) is 28.8 Å². The Balaban J connectivity index is 1.93. The molecule has 0 atom stereocenters. The molecule has 0 unspecified atom stereocenters.